The van der Waals surface area contributed by atoms with E-state index in [1.165, 1.54) is 18.4 Å². The predicted molar refractivity (Wildman–Crippen MR) is 65.5 cm³/mol. The van der Waals surface area contributed by atoms with Gasteiger partial charge in [0.15, 0.2) is 0 Å². The van der Waals surface area contributed by atoms with Gasteiger partial charge >= 0.3 is 0 Å². The second-order valence-electron chi connectivity index (χ2n) is 3.17. The third kappa shape index (κ3) is 4.28. The van der Waals surface area contributed by atoms with Crippen molar-refractivity contribution < 1.29 is 0 Å². The summed E-state index contributed by atoms with van der Waals surface area (Å²) in [6.07, 6.45) is 3.59. The molecule has 0 spiro atoms. The van der Waals surface area contributed by atoms with Crippen LogP contribution in [0.3, 0.4) is 0 Å². The Morgan fingerprint density at radius 1 is 1.23 bits per heavy atom. The molecule has 0 aliphatic heterocycles. The van der Waals surface area contributed by atoms with Gasteiger partial charge in [0.1, 0.15) is 0 Å². The van der Waals surface area contributed by atoms with E-state index in [0.717, 1.165) is 10.9 Å². The van der Waals surface area contributed by atoms with Crippen molar-refractivity contribution in [3.05, 3.63) is 34.3 Å². The highest BCUT2D eigenvalue weighted by Gasteiger charge is 2.00. The molecular formula is C11H14Br2. The van der Waals surface area contributed by atoms with Gasteiger partial charge in [-0.1, -0.05) is 50.9 Å². The van der Waals surface area contributed by atoms with E-state index in [1.54, 1.807) is 0 Å². The minimum absolute atomic E-state index is 0.663. The molecule has 0 saturated heterocycles. The summed E-state index contributed by atoms with van der Waals surface area (Å²) >= 11 is 7.07. The average Bonchev–Trinajstić information content (AvgIpc) is 2.16. The zero-order valence-corrected chi connectivity index (χ0v) is 10.9. The first-order chi connectivity index (χ1) is 6.22. The Labute approximate surface area is 97.0 Å². The summed E-state index contributed by atoms with van der Waals surface area (Å²) in [5.41, 5.74) is 1.42. The van der Waals surface area contributed by atoms with Crippen molar-refractivity contribution in [2.24, 2.45) is 0 Å². The Morgan fingerprint density at radius 2 is 1.85 bits per heavy atom. The van der Waals surface area contributed by atoms with Crippen LogP contribution in [0.4, 0.5) is 0 Å². The van der Waals surface area contributed by atoms with Gasteiger partial charge in [0.05, 0.1) is 0 Å². The van der Waals surface area contributed by atoms with Gasteiger partial charge in [-0.05, 0) is 37.0 Å². The van der Waals surface area contributed by atoms with E-state index in [0.29, 0.717) is 4.83 Å². The Kier molecular flexibility index (Phi) is 5.04. The summed E-state index contributed by atoms with van der Waals surface area (Å²) in [6.45, 7) is 2.21. The number of rotatable bonds is 4. The molecule has 0 amide bonds. The molecule has 0 aromatic heterocycles. The van der Waals surface area contributed by atoms with Crippen LogP contribution in [0.15, 0.2) is 28.7 Å². The SMILES string of the molecule is CCC(Br)CCc1ccc(Br)cc1. The van der Waals surface area contributed by atoms with Crippen LogP contribution in [0.1, 0.15) is 25.3 Å². The molecule has 1 rings (SSSR count). The van der Waals surface area contributed by atoms with E-state index in [9.17, 15) is 0 Å². The maximum Gasteiger partial charge on any atom is 0.0175 e. The smallest absolute Gasteiger partial charge is 0.0175 e. The second kappa shape index (κ2) is 5.82. The fourth-order valence-electron chi connectivity index (χ4n) is 1.18. The van der Waals surface area contributed by atoms with Crippen LogP contribution in [-0.2, 0) is 6.42 Å². The van der Waals surface area contributed by atoms with Crippen LogP contribution in [0.2, 0.25) is 0 Å². The van der Waals surface area contributed by atoms with Crippen LogP contribution in [0, 0.1) is 0 Å². The van der Waals surface area contributed by atoms with Crippen molar-refractivity contribution in [3.63, 3.8) is 0 Å². The van der Waals surface area contributed by atoms with Gasteiger partial charge < -0.3 is 0 Å². The summed E-state index contributed by atoms with van der Waals surface area (Å²) in [4.78, 5) is 0.663. The molecule has 2 heteroatoms. The van der Waals surface area contributed by atoms with Gasteiger partial charge in [-0.3, -0.25) is 0 Å². The monoisotopic (exact) mass is 304 g/mol. The lowest BCUT2D eigenvalue weighted by atomic mass is 10.1. The summed E-state index contributed by atoms with van der Waals surface area (Å²) in [6, 6.07) is 8.56. The number of benzene rings is 1. The molecule has 13 heavy (non-hydrogen) atoms. The van der Waals surface area contributed by atoms with E-state index in [-0.39, 0.29) is 0 Å². The average molecular weight is 306 g/mol. The molecule has 1 atom stereocenters. The molecule has 0 aliphatic rings. The molecule has 0 bridgehead atoms. The zero-order valence-electron chi connectivity index (χ0n) is 7.76. The topological polar surface area (TPSA) is 0 Å². The van der Waals surface area contributed by atoms with Gasteiger partial charge in [0, 0.05) is 9.30 Å². The number of hydrogen-bond acceptors (Lipinski definition) is 0. The van der Waals surface area contributed by atoms with Gasteiger partial charge in [0.2, 0.25) is 0 Å². The maximum absolute atomic E-state index is 3.64. The highest BCUT2D eigenvalue weighted by molar-refractivity contribution is 9.10. The summed E-state index contributed by atoms with van der Waals surface area (Å²) in [5.74, 6) is 0. The normalized spacial score (nSPS) is 12.8. The Morgan fingerprint density at radius 3 is 2.38 bits per heavy atom. The first-order valence-electron chi connectivity index (χ1n) is 4.61. The van der Waals surface area contributed by atoms with E-state index in [4.69, 9.17) is 0 Å². The fourth-order valence-corrected chi connectivity index (χ4v) is 1.67. The molecule has 0 N–H and O–H groups in total. The largest absolute Gasteiger partial charge is 0.0891 e. The van der Waals surface area contributed by atoms with Gasteiger partial charge in [-0.15, -0.1) is 0 Å². The molecular weight excluding hydrogens is 292 g/mol. The molecule has 1 aromatic carbocycles. The lowest BCUT2D eigenvalue weighted by Gasteiger charge is -2.06. The highest BCUT2D eigenvalue weighted by atomic mass is 79.9. The molecule has 0 aliphatic carbocycles. The van der Waals surface area contributed by atoms with Crippen LogP contribution in [0.5, 0.6) is 0 Å². The highest BCUT2D eigenvalue weighted by Crippen LogP contribution is 2.16. The molecule has 1 unspecified atom stereocenters. The van der Waals surface area contributed by atoms with Crippen molar-refractivity contribution in [2.45, 2.75) is 31.0 Å². The lowest BCUT2D eigenvalue weighted by molar-refractivity contribution is 0.746. The van der Waals surface area contributed by atoms with Gasteiger partial charge in [-0.25, -0.2) is 0 Å². The standard InChI is InChI=1S/C11H14Br2/c1-2-10(12)6-3-9-4-7-11(13)8-5-9/h4-5,7-8,10H,2-3,6H2,1H3. The minimum atomic E-state index is 0.663. The summed E-state index contributed by atoms with van der Waals surface area (Å²) in [5, 5.41) is 0. The third-order valence-corrected chi connectivity index (χ3v) is 3.74. The Hall–Kier alpha value is 0.180. The van der Waals surface area contributed by atoms with Crippen molar-refractivity contribution in [1.29, 1.82) is 0 Å². The quantitative estimate of drug-likeness (QED) is 0.716. The zero-order chi connectivity index (χ0) is 9.68. The summed E-state index contributed by atoms with van der Waals surface area (Å²) < 4.78 is 1.15. The third-order valence-electron chi connectivity index (χ3n) is 2.10. The molecule has 0 saturated carbocycles. The van der Waals surface area contributed by atoms with E-state index < -0.39 is 0 Å². The Balaban J connectivity index is 2.41. The first kappa shape index (κ1) is 11.3. The first-order valence-corrected chi connectivity index (χ1v) is 6.31. The molecule has 0 nitrogen and oxygen atoms in total. The van der Waals surface area contributed by atoms with Crippen LogP contribution in [-0.4, -0.2) is 4.83 Å². The van der Waals surface area contributed by atoms with Gasteiger partial charge in [0.25, 0.3) is 0 Å². The van der Waals surface area contributed by atoms with Crippen molar-refractivity contribution >= 4 is 31.9 Å². The van der Waals surface area contributed by atoms with Gasteiger partial charge in [-0.2, -0.15) is 0 Å². The van der Waals surface area contributed by atoms with E-state index >= 15 is 0 Å². The number of halogens is 2. The molecule has 1 aromatic rings. The van der Waals surface area contributed by atoms with Crippen molar-refractivity contribution in [1.82, 2.24) is 0 Å². The van der Waals surface area contributed by atoms with Crippen molar-refractivity contribution in [3.8, 4) is 0 Å². The van der Waals surface area contributed by atoms with Crippen LogP contribution >= 0.6 is 31.9 Å². The number of hydrogen-bond donors (Lipinski definition) is 0. The molecule has 0 radical (unpaired) electrons. The predicted octanol–water partition coefficient (Wildman–Crippen LogP) is 4.56. The fraction of sp³-hybridized carbons (Fsp3) is 0.455. The second-order valence-corrected chi connectivity index (χ2v) is 5.38. The van der Waals surface area contributed by atoms with Crippen LogP contribution < -0.4 is 0 Å². The molecule has 0 fully saturated rings. The van der Waals surface area contributed by atoms with Crippen LogP contribution in [0.25, 0.3) is 0 Å². The minimum Gasteiger partial charge on any atom is -0.0891 e. The van der Waals surface area contributed by atoms with E-state index in [1.807, 2.05) is 0 Å². The van der Waals surface area contributed by atoms with Crippen molar-refractivity contribution in [2.75, 3.05) is 0 Å². The number of aryl methyl sites for hydroxylation is 1. The lowest BCUT2D eigenvalue weighted by Crippen LogP contribution is -1.97. The van der Waals surface area contributed by atoms with E-state index in [2.05, 4.69) is 63.0 Å². The summed E-state index contributed by atoms with van der Waals surface area (Å²) in [7, 11) is 0. The molecule has 72 valence electrons. The molecule has 0 heterocycles. The Bertz CT molecular complexity index is 241. The number of alkyl halides is 1. The maximum atomic E-state index is 3.64.